The van der Waals surface area contributed by atoms with Crippen molar-refractivity contribution in [3.8, 4) is 44.5 Å². The minimum absolute atomic E-state index is 0.0152. The Morgan fingerprint density at radius 2 is 0.824 bits per heavy atom. The molecule has 4 heteroatoms. The third kappa shape index (κ3) is 11.5. The lowest BCUT2D eigenvalue weighted by Gasteiger charge is -2.46. The molecule has 2 nitrogen and oxygen atoms in total. The number of halogens is 1. The second kappa shape index (κ2) is 26.0. The van der Waals surface area contributed by atoms with Crippen molar-refractivity contribution in [1.29, 1.82) is 0 Å². The second-order valence-corrected chi connectivity index (χ2v) is 32.2. The Hall–Kier alpha value is -9.68. The Morgan fingerprint density at radius 3 is 1.47 bits per heavy atom. The maximum atomic E-state index is 9.53. The normalized spacial score (nSPS) is 27.8. The van der Waals surface area contributed by atoms with E-state index in [1.54, 1.807) is 0 Å². The van der Waals surface area contributed by atoms with Crippen molar-refractivity contribution in [3.63, 3.8) is 0 Å². The molecule has 0 bridgehead atoms. The van der Waals surface area contributed by atoms with Gasteiger partial charge in [-0.15, -0.1) is 0 Å². The van der Waals surface area contributed by atoms with Crippen molar-refractivity contribution >= 4 is 50.2 Å². The summed E-state index contributed by atoms with van der Waals surface area (Å²) in [4.78, 5) is 0. The van der Waals surface area contributed by atoms with Gasteiger partial charge in [0.25, 0.3) is 0 Å². The lowest BCUT2D eigenvalue weighted by Crippen LogP contribution is -2.39. The van der Waals surface area contributed by atoms with Crippen molar-refractivity contribution in [2.24, 2.45) is 76.9 Å². The van der Waals surface area contributed by atoms with E-state index >= 15 is 0 Å². The number of hydrogen-bond acceptors (Lipinski definition) is 2. The summed E-state index contributed by atoms with van der Waals surface area (Å²) in [6, 6.07) is 58.6. The van der Waals surface area contributed by atoms with Crippen molar-refractivity contribution in [3.05, 3.63) is 388 Å². The molecule has 13 unspecified atom stereocenters. The number of allylic oxidation sites excluding steroid dienone is 34. The van der Waals surface area contributed by atoms with Crippen LogP contribution in [0.2, 0.25) is 0 Å². The highest BCUT2D eigenvalue weighted by molar-refractivity contribution is 9.10. The molecule has 8 aromatic rings. The molecule has 12 aliphatic carbocycles. The van der Waals surface area contributed by atoms with E-state index < -0.39 is 7.12 Å². The van der Waals surface area contributed by atoms with Crippen LogP contribution in [0.15, 0.2) is 361 Å². The van der Waals surface area contributed by atoms with Gasteiger partial charge in [0.05, 0.1) is 0 Å². The standard InChI is InChI=1S/C49H40.C25H19Br.C24H25BO2/c1-49(2)47-29-36(34-18-15-31-9-3-4-10-33(31)25-34)21-23-44(47)45-24-22-37(30-48(45)49)35-19-16-32-17-20-39(27-40(32)26-35)46-28-38-11-5-6-12-41(38)42-13-7-8-14-43(42)46;1-25(2)23-14-19(18-8-7-16-5-3-4-6-17(16)13-18)9-11-21(23)22-12-10-20(26)15-24(22)25;26-25(27)20-12-11-16-9-10-18(13-19(16)14-20)24-15-17-5-1-2-6-21(17)22-7-3-4-8-23(22)24/h3-30,32,38,40-43H,1-2H3;3-15H,1-2H3;1-14,16-17,19,21-24,26-27H,15H2. The Labute approximate surface area is 610 Å². The lowest BCUT2D eigenvalue weighted by molar-refractivity contribution is 0.164. The van der Waals surface area contributed by atoms with Crippen LogP contribution in [0.1, 0.15) is 61.9 Å². The van der Waals surface area contributed by atoms with E-state index in [-0.39, 0.29) is 16.7 Å². The third-order valence-electron chi connectivity index (χ3n) is 24.8. The van der Waals surface area contributed by atoms with Crippen LogP contribution in [-0.4, -0.2) is 17.2 Å². The molecular formula is C98H84BBrO2. The molecule has 0 amide bonds. The molecule has 2 N–H and O–H groups in total. The van der Waals surface area contributed by atoms with Crippen LogP contribution in [0, 0.1) is 76.9 Å². The Kier molecular flexibility index (Phi) is 16.4. The molecule has 1 saturated carbocycles. The van der Waals surface area contributed by atoms with Crippen LogP contribution in [0.25, 0.3) is 71.6 Å². The average molecular weight is 1380 g/mol. The molecule has 13 atom stereocenters. The van der Waals surface area contributed by atoms with Crippen LogP contribution in [0.5, 0.6) is 0 Å². The number of benzene rings is 8. The maximum absolute atomic E-state index is 9.53. The van der Waals surface area contributed by atoms with Gasteiger partial charge in [0.2, 0.25) is 0 Å². The molecule has 0 radical (unpaired) electrons. The summed E-state index contributed by atoms with van der Waals surface area (Å²) in [6.45, 7) is 9.45. The average Bonchev–Trinajstić information content (AvgIpc) is 1.54. The summed E-state index contributed by atoms with van der Waals surface area (Å²) in [5.74, 6) is 6.05. The quantitative estimate of drug-likeness (QED) is 0.163. The van der Waals surface area contributed by atoms with Gasteiger partial charge >= 0.3 is 7.12 Å². The Bertz CT molecular complexity index is 5350. The van der Waals surface area contributed by atoms with Gasteiger partial charge in [-0.1, -0.05) is 335 Å². The van der Waals surface area contributed by atoms with Crippen molar-refractivity contribution in [1.82, 2.24) is 0 Å². The predicted octanol–water partition coefficient (Wildman–Crippen LogP) is 23.7. The summed E-state index contributed by atoms with van der Waals surface area (Å²) in [5.41, 5.74) is 23.7. The first-order valence-electron chi connectivity index (χ1n) is 37.1. The van der Waals surface area contributed by atoms with Gasteiger partial charge in [0.15, 0.2) is 0 Å². The fourth-order valence-corrected chi connectivity index (χ4v) is 19.7. The molecular weight excluding hydrogens is 1300 g/mol. The predicted molar refractivity (Wildman–Crippen MR) is 432 cm³/mol. The van der Waals surface area contributed by atoms with Crippen LogP contribution in [0.4, 0.5) is 0 Å². The minimum atomic E-state index is -1.39. The fourth-order valence-electron chi connectivity index (χ4n) is 19.3. The molecule has 0 spiro atoms. The van der Waals surface area contributed by atoms with E-state index in [2.05, 4.69) is 365 Å². The highest BCUT2D eigenvalue weighted by atomic mass is 79.9. The number of hydrogen-bond donors (Lipinski definition) is 2. The van der Waals surface area contributed by atoms with Gasteiger partial charge in [0, 0.05) is 50.8 Å². The van der Waals surface area contributed by atoms with Gasteiger partial charge in [0.1, 0.15) is 0 Å². The van der Waals surface area contributed by atoms with Crippen molar-refractivity contribution in [2.75, 3.05) is 0 Å². The van der Waals surface area contributed by atoms with E-state index in [0.717, 1.165) is 4.47 Å². The summed E-state index contributed by atoms with van der Waals surface area (Å²) >= 11 is 3.64. The largest absolute Gasteiger partial charge is 0.488 e. The summed E-state index contributed by atoms with van der Waals surface area (Å²) in [7, 11) is -1.39. The molecule has 498 valence electrons. The third-order valence-corrected chi connectivity index (χ3v) is 25.3. The number of rotatable bonds is 6. The first-order chi connectivity index (χ1) is 49.7. The maximum Gasteiger partial charge on any atom is 0.488 e. The van der Waals surface area contributed by atoms with Crippen LogP contribution < -0.4 is 0 Å². The Balaban J connectivity index is 0.000000119. The van der Waals surface area contributed by atoms with E-state index in [1.165, 1.54) is 123 Å². The van der Waals surface area contributed by atoms with Gasteiger partial charge < -0.3 is 10.0 Å². The van der Waals surface area contributed by atoms with E-state index in [1.807, 2.05) is 12.2 Å². The zero-order chi connectivity index (χ0) is 69.0. The molecule has 0 saturated heterocycles. The van der Waals surface area contributed by atoms with Crippen LogP contribution >= 0.6 is 15.9 Å². The summed E-state index contributed by atoms with van der Waals surface area (Å²) < 4.78 is 1.15. The second-order valence-electron chi connectivity index (χ2n) is 31.2. The highest BCUT2D eigenvalue weighted by Crippen LogP contribution is 2.55. The minimum Gasteiger partial charge on any atom is -0.423 e. The zero-order valence-electron chi connectivity index (χ0n) is 58.3. The van der Waals surface area contributed by atoms with Gasteiger partial charge in [-0.25, -0.2) is 0 Å². The van der Waals surface area contributed by atoms with Gasteiger partial charge in [-0.3, -0.25) is 0 Å². The number of fused-ring (bicyclic) bond motifs is 16. The molecule has 8 aromatic carbocycles. The summed E-state index contributed by atoms with van der Waals surface area (Å²) in [5, 5.41) is 24.2. The monoisotopic (exact) mass is 1380 g/mol. The first kappa shape index (κ1) is 64.4. The van der Waals surface area contributed by atoms with E-state index in [0.29, 0.717) is 76.5 Å². The Morgan fingerprint density at radius 1 is 0.353 bits per heavy atom. The van der Waals surface area contributed by atoms with E-state index in [9.17, 15) is 10.0 Å². The lowest BCUT2D eigenvalue weighted by atomic mass is 9.57. The van der Waals surface area contributed by atoms with Crippen molar-refractivity contribution < 1.29 is 10.0 Å². The molecule has 12 aliphatic rings. The molecule has 0 aromatic heterocycles. The molecule has 0 heterocycles. The summed E-state index contributed by atoms with van der Waals surface area (Å²) in [6.07, 6.45) is 68.3. The fraction of sp³-hybridized carbons (Fsp3) is 0.204. The first-order valence-corrected chi connectivity index (χ1v) is 37.9. The van der Waals surface area contributed by atoms with Crippen LogP contribution in [-0.2, 0) is 10.8 Å². The molecule has 1 fully saturated rings. The van der Waals surface area contributed by atoms with Gasteiger partial charge in [-0.05, 0) is 212 Å². The van der Waals surface area contributed by atoms with Crippen molar-refractivity contribution in [2.45, 2.75) is 44.9 Å². The molecule has 102 heavy (non-hydrogen) atoms. The van der Waals surface area contributed by atoms with E-state index in [4.69, 9.17) is 0 Å². The van der Waals surface area contributed by atoms with Gasteiger partial charge in [-0.2, -0.15) is 0 Å². The van der Waals surface area contributed by atoms with Crippen LogP contribution in [0.3, 0.4) is 0 Å². The smallest absolute Gasteiger partial charge is 0.423 e. The molecule has 20 rings (SSSR count). The SMILES string of the molecule is CC1(C)c2cc(Br)ccc2-c2ccc(-c3ccc4ccccc4c3)cc21.CC1(C)c2cc(C3=CC4C=C(C5=CC6C=CC=CC6C6C=CC=CC56)C=CC4C=C3)ccc2-c2ccc(-c3ccc4ccccc4c3)cc21.OB(O)C1=CC2C=C(C3CC4C=CC=CC4C4C=CC=CC34)C=CC2C=C1. The topological polar surface area (TPSA) is 40.5 Å². The zero-order valence-corrected chi connectivity index (χ0v) is 59.9. The highest BCUT2D eigenvalue weighted by Gasteiger charge is 2.44. The molecule has 0 aliphatic heterocycles.